The van der Waals surface area contributed by atoms with Crippen LogP contribution < -0.4 is 5.32 Å². The van der Waals surface area contributed by atoms with Crippen molar-refractivity contribution in [2.45, 2.75) is 39.2 Å². The van der Waals surface area contributed by atoms with Crippen molar-refractivity contribution < 1.29 is 13.2 Å². The number of aromatic nitrogens is 1. The quantitative estimate of drug-likeness (QED) is 0.743. The molecule has 0 saturated carbocycles. The van der Waals surface area contributed by atoms with Crippen LogP contribution in [0.2, 0.25) is 0 Å². The van der Waals surface area contributed by atoms with Gasteiger partial charge in [0.25, 0.3) is 0 Å². The van der Waals surface area contributed by atoms with E-state index in [1.165, 1.54) is 4.31 Å². The van der Waals surface area contributed by atoms with Gasteiger partial charge in [-0.25, -0.2) is 17.7 Å². The second-order valence-corrected chi connectivity index (χ2v) is 9.21. The lowest BCUT2D eigenvalue weighted by Crippen LogP contribution is -2.42. The highest BCUT2D eigenvalue weighted by Gasteiger charge is 2.30. The number of rotatable bonds is 8. The third kappa shape index (κ3) is 6.03. The van der Waals surface area contributed by atoms with Gasteiger partial charge in [0.05, 0.1) is 5.75 Å². The zero-order valence-electron chi connectivity index (χ0n) is 15.9. The normalized spacial score (nSPS) is 16.8. The molecule has 0 atom stereocenters. The zero-order chi connectivity index (χ0) is 19.2. The summed E-state index contributed by atoms with van der Waals surface area (Å²) in [6.45, 7) is 3.59. The molecule has 1 aliphatic rings. The van der Waals surface area contributed by atoms with Crippen LogP contribution in [0.5, 0.6) is 0 Å². The first-order valence-electron chi connectivity index (χ1n) is 9.20. The maximum absolute atomic E-state index is 12.5. The Morgan fingerprint density at radius 1 is 1.35 bits per heavy atom. The lowest BCUT2D eigenvalue weighted by atomic mass is 9.97. The van der Waals surface area contributed by atoms with Crippen LogP contribution >= 0.6 is 0 Å². The van der Waals surface area contributed by atoms with Gasteiger partial charge in [0, 0.05) is 31.7 Å². The van der Waals surface area contributed by atoms with E-state index in [4.69, 9.17) is 0 Å². The molecular weight excluding hydrogens is 352 g/mol. The van der Waals surface area contributed by atoms with Gasteiger partial charge in [-0.2, -0.15) is 0 Å². The van der Waals surface area contributed by atoms with Gasteiger partial charge in [-0.15, -0.1) is 0 Å². The van der Waals surface area contributed by atoms with E-state index in [1.54, 1.807) is 6.20 Å². The summed E-state index contributed by atoms with van der Waals surface area (Å²) in [5.41, 5.74) is 1.08. The molecule has 0 aliphatic carbocycles. The van der Waals surface area contributed by atoms with Crippen molar-refractivity contribution in [1.82, 2.24) is 14.2 Å². The fraction of sp³-hybridized carbons (Fsp3) is 0.667. The molecule has 26 heavy (non-hydrogen) atoms. The highest BCUT2D eigenvalue weighted by atomic mass is 32.2. The van der Waals surface area contributed by atoms with Gasteiger partial charge in [-0.3, -0.25) is 4.79 Å². The Bertz CT molecular complexity index is 698. The van der Waals surface area contributed by atoms with Crippen LogP contribution in [0.3, 0.4) is 0 Å². The molecular formula is C18H30N4O3S. The first kappa shape index (κ1) is 20.8. The minimum Gasteiger partial charge on any atom is -0.310 e. The molecule has 0 aromatic carbocycles. The fourth-order valence-electron chi connectivity index (χ4n) is 3.09. The number of piperidine rings is 1. The number of sulfonamides is 1. The van der Waals surface area contributed by atoms with Crippen molar-refractivity contribution >= 4 is 21.7 Å². The molecule has 1 aromatic rings. The van der Waals surface area contributed by atoms with Crippen LogP contribution in [0.4, 0.5) is 5.82 Å². The number of carbonyl (C=O) groups excluding carboxylic acids is 1. The third-order valence-electron chi connectivity index (χ3n) is 4.55. The maximum Gasteiger partial charge on any atom is 0.228 e. The molecule has 1 aromatic heterocycles. The smallest absolute Gasteiger partial charge is 0.228 e. The minimum absolute atomic E-state index is 0.0786. The van der Waals surface area contributed by atoms with E-state index in [-0.39, 0.29) is 17.6 Å². The van der Waals surface area contributed by atoms with Crippen molar-refractivity contribution in [1.29, 1.82) is 0 Å². The number of carbonyl (C=O) groups is 1. The molecule has 1 amide bonds. The van der Waals surface area contributed by atoms with Crippen LogP contribution in [0.25, 0.3) is 0 Å². The second kappa shape index (κ2) is 9.43. The molecule has 1 aliphatic heterocycles. The van der Waals surface area contributed by atoms with Crippen LogP contribution in [0.15, 0.2) is 18.3 Å². The van der Waals surface area contributed by atoms with Gasteiger partial charge in [-0.05, 0) is 51.1 Å². The van der Waals surface area contributed by atoms with Crippen molar-refractivity contribution in [2.75, 3.05) is 38.3 Å². The van der Waals surface area contributed by atoms with Crippen LogP contribution in [0.1, 0.15) is 38.2 Å². The van der Waals surface area contributed by atoms with E-state index in [2.05, 4.69) is 15.2 Å². The molecule has 1 N–H and O–H groups in total. The first-order valence-corrected chi connectivity index (χ1v) is 10.8. The van der Waals surface area contributed by atoms with Crippen molar-refractivity contribution in [3.05, 3.63) is 23.9 Å². The number of unbranched alkanes of at least 4 members (excludes halogenated alkanes) is 1. The Hall–Kier alpha value is -1.51. The number of amides is 1. The molecule has 146 valence electrons. The Morgan fingerprint density at radius 2 is 2.04 bits per heavy atom. The van der Waals surface area contributed by atoms with E-state index < -0.39 is 10.0 Å². The molecule has 0 unspecified atom stereocenters. The van der Waals surface area contributed by atoms with E-state index in [1.807, 2.05) is 33.2 Å². The second-order valence-electron chi connectivity index (χ2n) is 7.12. The van der Waals surface area contributed by atoms with Crippen LogP contribution in [-0.4, -0.2) is 61.5 Å². The topological polar surface area (TPSA) is 82.6 Å². The summed E-state index contributed by atoms with van der Waals surface area (Å²) in [6, 6.07) is 3.80. The third-order valence-corrected chi connectivity index (χ3v) is 6.50. The highest BCUT2D eigenvalue weighted by Crippen LogP contribution is 2.22. The summed E-state index contributed by atoms with van der Waals surface area (Å²) < 4.78 is 26.0. The predicted octanol–water partition coefficient (Wildman–Crippen LogP) is 1.92. The summed E-state index contributed by atoms with van der Waals surface area (Å²) in [4.78, 5) is 18.8. The molecule has 0 spiro atoms. The SMILES string of the molecule is CCCCS(=O)(=O)N1CCC(C(=O)Nc2cc(CN(C)C)ccn2)CC1. The number of hydrogen-bond donors (Lipinski definition) is 1. The molecule has 0 radical (unpaired) electrons. The molecule has 1 saturated heterocycles. The van der Waals surface area contributed by atoms with Gasteiger partial charge in [0.1, 0.15) is 5.82 Å². The fourth-order valence-corrected chi connectivity index (χ4v) is 4.77. The van der Waals surface area contributed by atoms with Gasteiger partial charge < -0.3 is 10.2 Å². The van der Waals surface area contributed by atoms with Crippen LogP contribution in [-0.2, 0) is 21.4 Å². The van der Waals surface area contributed by atoms with Gasteiger partial charge in [-0.1, -0.05) is 13.3 Å². The van der Waals surface area contributed by atoms with Gasteiger partial charge in [0.15, 0.2) is 0 Å². The van der Waals surface area contributed by atoms with E-state index in [0.29, 0.717) is 38.2 Å². The van der Waals surface area contributed by atoms with Crippen LogP contribution in [0, 0.1) is 5.92 Å². The lowest BCUT2D eigenvalue weighted by molar-refractivity contribution is -0.120. The molecule has 0 bridgehead atoms. The molecule has 2 rings (SSSR count). The summed E-state index contributed by atoms with van der Waals surface area (Å²) >= 11 is 0. The number of hydrogen-bond acceptors (Lipinski definition) is 5. The summed E-state index contributed by atoms with van der Waals surface area (Å²) in [5, 5.41) is 2.88. The molecule has 2 heterocycles. The monoisotopic (exact) mass is 382 g/mol. The Kier molecular flexibility index (Phi) is 7.55. The van der Waals surface area contributed by atoms with Gasteiger partial charge >= 0.3 is 0 Å². The largest absolute Gasteiger partial charge is 0.310 e. The molecule has 8 heteroatoms. The minimum atomic E-state index is -3.19. The van der Waals surface area contributed by atoms with Crippen molar-refractivity contribution in [2.24, 2.45) is 5.92 Å². The average Bonchev–Trinajstić information content (AvgIpc) is 2.60. The van der Waals surface area contributed by atoms with Crippen molar-refractivity contribution in [3.8, 4) is 0 Å². The van der Waals surface area contributed by atoms with E-state index >= 15 is 0 Å². The number of nitrogens with zero attached hydrogens (tertiary/aromatic N) is 3. The van der Waals surface area contributed by atoms with E-state index in [0.717, 1.165) is 18.5 Å². The predicted molar refractivity (Wildman–Crippen MR) is 103 cm³/mol. The zero-order valence-corrected chi connectivity index (χ0v) is 16.8. The Morgan fingerprint density at radius 3 is 2.65 bits per heavy atom. The number of anilines is 1. The Balaban J connectivity index is 1.89. The maximum atomic E-state index is 12.5. The summed E-state index contributed by atoms with van der Waals surface area (Å²) in [5.74, 6) is 0.493. The number of nitrogens with one attached hydrogen (secondary N) is 1. The Labute approximate surface area is 156 Å². The average molecular weight is 383 g/mol. The lowest BCUT2D eigenvalue weighted by Gasteiger charge is -2.30. The highest BCUT2D eigenvalue weighted by molar-refractivity contribution is 7.89. The molecule has 7 nitrogen and oxygen atoms in total. The first-order chi connectivity index (χ1) is 12.3. The standard InChI is InChI=1S/C18H30N4O3S/c1-4-5-12-26(24,25)22-10-7-16(8-11-22)18(23)20-17-13-15(6-9-19-17)14-21(2)3/h6,9,13,16H,4-5,7-8,10-12,14H2,1-3H3,(H,19,20,23). The van der Waals surface area contributed by atoms with E-state index in [9.17, 15) is 13.2 Å². The van der Waals surface area contributed by atoms with Gasteiger partial charge in [0.2, 0.25) is 15.9 Å². The summed E-state index contributed by atoms with van der Waals surface area (Å²) in [7, 11) is 0.788. The summed E-state index contributed by atoms with van der Waals surface area (Å²) in [6.07, 6.45) is 4.33. The van der Waals surface area contributed by atoms with Crippen molar-refractivity contribution in [3.63, 3.8) is 0 Å². The molecule has 1 fully saturated rings. The number of pyridine rings is 1.